The van der Waals surface area contributed by atoms with E-state index in [1.54, 1.807) is 6.08 Å². The maximum absolute atomic E-state index is 12.4. The van der Waals surface area contributed by atoms with Crippen molar-refractivity contribution in [2.75, 3.05) is 14.2 Å². The Morgan fingerprint density at radius 3 is 2.35 bits per heavy atom. The summed E-state index contributed by atoms with van der Waals surface area (Å²) in [6.45, 7) is 7.45. The second-order valence-corrected chi connectivity index (χ2v) is 5.59. The zero-order chi connectivity index (χ0) is 17.3. The van der Waals surface area contributed by atoms with Crippen molar-refractivity contribution < 1.29 is 19.1 Å². The van der Waals surface area contributed by atoms with Gasteiger partial charge in [0.1, 0.15) is 0 Å². The summed E-state index contributed by atoms with van der Waals surface area (Å²) in [7, 11) is 2.52. The maximum Gasteiger partial charge on any atom is 0.324 e. The van der Waals surface area contributed by atoms with Gasteiger partial charge in [-0.05, 0) is 32.1 Å². The van der Waals surface area contributed by atoms with Crippen LogP contribution in [-0.4, -0.2) is 26.2 Å². The van der Waals surface area contributed by atoms with Crippen molar-refractivity contribution in [1.29, 1.82) is 0 Å². The zero-order valence-electron chi connectivity index (χ0n) is 14.0. The van der Waals surface area contributed by atoms with Crippen molar-refractivity contribution in [3.63, 3.8) is 0 Å². The molecule has 1 aliphatic carbocycles. The van der Waals surface area contributed by atoms with Crippen molar-refractivity contribution in [2.45, 2.75) is 32.1 Å². The number of esters is 2. The van der Waals surface area contributed by atoms with Crippen LogP contribution >= 0.6 is 0 Å². The molecule has 1 atom stereocenters. The number of rotatable bonds is 8. The van der Waals surface area contributed by atoms with Gasteiger partial charge in [-0.3, -0.25) is 9.59 Å². The first kappa shape index (κ1) is 18.9. The van der Waals surface area contributed by atoms with Crippen LogP contribution in [0.4, 0.5) is 0 Å². The Hall–Kier alpha value is -2.10. The van der Waals surface area contributed by atoms with Crippen molar-refractivity contribution in [1.82, 2.24) is 0 Å². The van der Waals surface area contributed by atoms with Gasteiger partial charge in [-0.25, -0.2) is 0 Å². The molecule has 0 fully saturated rings. The van der Waals surface area contributed by atoms with E-state index in [0.29, 0.717) is 0 Å². The van der Waals surface area contributed by atoms with Crippen LogP contribution in [0.5, 0.6) is 0 Å². The third-order valence-corrected chi connectivity index (χ3v) is 4.23. The number of methoxy groups -OCH3 is 2. The minimum Gasteiger partial charge on any atom is -0.468 e. The molecule has 0 N–H and O–H groups in total. The van der Waals surface area contributed by atoms with Gasteiger partial charge < -0.3 is 9.47 Å². The van der Waals surface area contributed by atoms with E-state index in [9.17, 15) is 9.59 Å². The molecule has 0 radical (unpaired) electrons. The third kappa shape index (κ3) is 4.21. The van der Waals surface area contributed by atoms with Gasteiger partial charge in [-0.15, -0.1) is 13.2 Å². The SMILES string of the molecule is C=CCC(C(=O)OC)(C(=O)OC)C(C=C)/C=C/C1=CCCCC1. The first-order valence-corrected chi connectivity index (χ1v) is 7.84. The van der Waals surface area contributed by atoms with E-state index in [1.807, 2.05) is 12.2 Å². The van der Waals surface area contributed by atoms with E-state index in [-0.39, 0.29) is 6.42 Å². The maximum atomic E-state index is 12.4. The molecular formula is C19H26O4. The van der Waals surface area contributed by atoms with Gasteiger partial charge in [0.05, 0.1) is 14.2 Å². The van der Waals surface area contributed by atoms with Gasteiger partial charge in [0, 0.05) is 5.92 Å². The predicted molar refractivity (Wildman–Crippen MR) is 90.7 cm³/mol. The van der Waals surface area contributed by atoms with Crippen LogP contribution in [0, 0.1) is 11.3 Å². The highest BCUT2D eigenvalue weighted by Gasteiger charge is 2.51. The first-order chi connectivity index (χ1) is 11.1. The van der Waals surface area contributed by atoms with E-state index in [1.165, 1.54) is 32.3 Å². The fourth-order valence-corrected chi connectivity index (χ4v) is 2.94. The molecule has 0 saturated carbocycles. The van der Waals surface area contributed by atoms with E-state index in [0.717, 1.165) is 19.3 Å². The van der Waals surface area contributed by atoms with E-state index < -0.39 is 23.3 Å². The highest BCUT2D eigenvalue weighted by Crippen LogP contribution is 2.37. The molecule has 0 saturated heterocycles. The van der Waals surface area contributed by atoms with Crippen LogP contribution in [0.1, 0.15) is 32.1 Å². The minimum atomic E-state index is -1.49. The number of allylic oxidation sites excluding steroid dienone is 6. The lowest BCUT2D eigenvalue weighted by Gasteiger charge is -2.31. The average Bonchev–Trinajstić information content (AvgIpc) is 2.60. The lowest BCUT2D eigenvalue weighted by atomic mass is 9.72. The van der Waals surface area contributed by atoms with Gasteiger partial charge in [0.25, 0.3) is 0 Å². The molecule has 23 heavy (non-hydrogen) atoms. The van der Waals surface area contributed by atoms with Crippen molar-refractivity contribution in [3.05, 3.63) is 49.1 Å². The Morgan fingerprint density at radius 1 is 1.26 bits per heavy atom. The van der Waals surface area contributed by atoms with Crippen molar-refractivity contribution >= 4 is 11.9 Å². The molecule has 1 aliphatic rings. The van der Waals surface area contributed by atoms with E-state index >= 15 is 0 Å². The van der Waals surface area contributed by atoms with Crippen LogP contribution in [0.15, 0.2) is 49.1 Å². The molecule has 126 valence electrons. The Morgan fingerprint density at radius 2 is 1.91 bits per heavy atom. The normalized spacial score (nSPS) is 16.3. The second-order valence-electron chi connectivity index (χ2n) is 5.59. The largest absolute Gasteiger partial charge is 0.468 e. The molecule has 0 amide bonds. The molecule has 0 spiro atoms. The molecule has 0 aromatic rings. The fourth-order valence-electron chi connectivity index (χ4n) is 2.94. The average molecular weight is 318 g/mol. The topological polar surface area (TPSA) is 52.6 Å². The Bertz CT molecular complexity index is 497. The van der Waals surface area contributed by atoms with E-state index in [4.69, 9.17) is 9.47 Å². The van der Waals surface area contributed by atoms with Crippen LogP contribution in [0.3, 0.4) is 0 Å². The van der Waals surface area contributed by atoms with Crippen LogP contribution < -0.4 is 0 Å². The zero-order valence-corrected chi connectivity index (χ0v) is 14.0. The fraction of sp³-hybridized carbons (Fsp3) is 0.474. The smallest absolute Gasteiger partial charge is 0.324 e. The molecule has 1 unspecified atom stereocenters. The molecule has 0 bridgehead atoms. The Labute approximate surface area is 138 Å². The van der Waals surface area contributed by atoms with Gasteiger partial charge in [-0.2, -0.15) is 0 Å². The molecule has 0 aromatic carbocycles. The van der Waals surface area contributed by atoms with Crippen molar-refractivity contribution in [3.8, 4) is 0 Å². The molecule has 1 rings (SSSR count). The Balaban J connectivity index is 3.23. The number of hydrogen-bond acceptors (Lipinski definition) is 4. The van der Waals surface area contributed by atoms with Gasteiger partial charge in [0.15, 0.2) is 5.41 Å². The molecule has 4 nitrogen and oxygen atoms in total. The summed E-state index contributed by atoms with van der Waals surface area (Å²) in [5, 5.41) is 0. The number of carbonyl (C=O) groups is 2. The van der Waals surface area contributed by atoms with Gasteiger partial charge >= 0.3 is 11.9 Å². The highest BCUT2D eigenvalue weighted by molar-refractivity contribution is 6.01. The summed E-state index contributed by atoms with van der Waals surface area (Å²) in [5.41, 5.74) is -0.274. The quantitative estimate of drug-likeness (QED) is 0.388. The number of ether oxygens (including phenoxy) is 2. The number of hydrogen-bond donors (Lipinski definition) is 0. The van der Waals surface area contributed by atoms with Crippen molar-refractivity contribution in [2.24, 2.45) is 11.3 Å². The summed E-state index contributed by atoms with van der Waals surface area (Å²) in [5.74, 6) is -1.82. The molecular weight excluding hydrogens is 292 g/mol. The second kappa shape index (κ2) is 9.13. The van der Waals surface area contributed by atoms with Crippen LogP contribution in [0.25, 0.3) is 0 Å². The summed E-state index contributed by atoms with van der Waals surface area (Å²) in [6.07, 6.45) is 13.6. The Kier molecular flexibility index (Phi) is 7.52. The molecule has 0 aromatic heterocycles. The highest BCUT2D eigenvalue weighted by atomic mass is 16.5. The summed E-state index contributed by atoms with van der Waals surface area (Å²) >= 11 is 0. The van der Waals surface area contributed by atoms with Crippen LogP contribution in [-0.2, 0) is 19.1 Å². The lowest BCUT2D eigenvalue weighted by Crippen LogP contribution is -2.45. The van der Waals surface area contributed by atoms with E-state index in [2.05, 4.69) is 19.2 Å². The third-order valence-electron chi connectivity index (χ3n) is 4.23. The molecule has 4 heteroatoms. The summed E-state index contributed by atoms with van der Waals surface area (Å²) in [6, 6.07) is 0. The molecule has 0 aliphatic heterocycles. The standard InChI is InChI=1S/C19H26O4/c1-5-14-19(17(20)22-3,18(21)23-4)16(6-2)13-12-15-10-8-7-9-11-15/h5-6,10,12-13,16H,1-2,7-9,11,14H2,3-4H3/b13-12+. The predicted octanol–water partition coefficient (Wildman–Crippen LogP) is 3.75. The monoisotopic (exact) mass is 318 g/mol. The minimum absolute atomic E-state index is 0.117. The van der Waals surface area contributed by atoms with Gasteiger partial charge in [0.2, 0.25) is 0 Å². The lowest BCUT2D eigenvalue weighted by molar-refractivity contribution is -0.171. The number of carbonyl (C=O) groups excluding carboxylic acids is 2. The van der Waals surface area contributed by atoms with Gasteiger partial charge in [-0.1, -0.05) is 36.0 Å². The first-order valence-electron chi connectivity index (χ1n) is 7.84. The summed E-state index contributed by atoms with van der Waals surface area (Å²) in [4.78, 5) is 24.8. The molecule has 0 heterocycles. The van der Waals surface area contributed by atoms with Crippen LogP contribution in [0.2, 0.25) is 0 Å². The summed E-state index contributed by atoms with van der Waals surface area (Å²) < 4.78 is 9.76.